The Morgan fingerprint density at radius 1 is 1.16 bits per heavy atom. The standard InChI is InChI=1S/C18H23ClN2O3S/c1-12-2-4-14(19)10-17(12)25(23,24)20-9-8-16-13(11-20)3-7-18(22)21(16)15-5-6-15/h2,4,10,13,15-16H,3,5-9,11H2,1H3/t13-,16-/m1/s1. The number of rotatable bonds is 3. The predicted molar refractivity (Wildman–Crippen MR) is 95.9 cm³/mol. The largest absolute Gasteiger partial charge is 0.336 e. The fourth-order valence-corrected chi connectivity index (χ4v) is 6.29. The summed E-state index contributed by atoms with van der Waals surface area (Å²) in [6, 6.07) is 5.61. The second-order valence-electron chi connectivity index (χ2n) is 7.46. The number of hydrogen-bond donors (Lipinski definition) is 0. The summed E-state index contributed by atoms with van der Waals surface area (Å²) in [5.74, 6) is 0.493. The lowest BCUT2D eigenvalue weighted by Gasteiger charge is -2.47. The Morgan fingerprint density at radius 3 is 2.64 bits per heavy atom. The molecule has 1 aromatic carbocycles. The molecule has 2 heterocycles. The summed E-state index contributed by atoms with van der Waals surface area (Å²) in [6.45, 7) is 2.76. The first kappa shape index (κ1) is 17.3. The molecule has 5 nitrogen and oxygen atoms in total. The van der Waals surface area contributed by atoms with E-state index in [9.17, 15) is 13.2 Å². The molecule has 136 valence electrons. The van der Waals surface area contributed by atoms with Crippen LogP contribution in [-0.4, -0.2) is 48.7 Å². The Balaban J connectivity index is 1.57. The van der Waals surface area contributed by atoms with Crippen LogP contribution < -0.4 is 0 Å². The normalized spacial score (nSPS) is 28.1. The molecule has 7 heteroatoms. The van der Waals surface area contributed by atoms with Crippen molar-refractivity contribution in [3.8, 4) is 0 Å². The molecule has 4 rings (SSSR count). The summed E-state index contributed by atoms with van der Waals surface area (Å²) in [4.78, 5) is 14.7. The number of benzene rings is 1. The van der Waals surface area contributed by atoms with Gasteiger partial charge in [-0.3, -0.25) is 4.79 Å². The van der Waals surface area contributed by atoms with Crippen LogP contribution in [0.1, 0.15) is 37.7 Å². The summed E-state index contributed by atoms with van der Waals surface area (Å²) in [6.07, 6.45) is 4.25. The lowest BCUT2D eigenvalue weighted by molar-refractivity contribution is -0.141. The quantitative estimate of drug-likeness (QED) is 0.807. The second-order valence-corrected chi connectivity index (χ2v) is 9.80. The number of fused-ring (bicyclic) bond motifs is 1. The first-order chi connectivity index (χ1) is 11.9. The number of piperidine rings is 2. The van der Waals surface area contributed by atoms with E-state index in [1.54, 1.807) is 29.4 Å². The van der Waals surface area contributed by atoms with Crippen LogP contribution in [0.25, 0.3) is 0 Å². The number of nitrogens with zero attached hydrogens (tertiary/aromatic N) is 2. The predicted octanol–water partition coefficient (Wildman–Crippen LogP) is 2.81. The number of amides is 1. The van der Waals surface area contributed by atoms with Gasteiger partial charge in [0.2, 0.25) is 15.9 Å². The third-order valence-electron chi connectivity index (χ3n) is 5.74. The van der Waals surface area contributed by atoms with Crippen molar-refractivity contribution >= 4 is 27.5 Å². The van der Waals surface area contributed by atoms with E-state index >= 15 is 0 Å². The van der Waals surface area contributed by atoms with Gasteiger partial charge in [-0.25, -0.2) is 8.42 Å². The summed E-state index contributed by atoms with van der Waals surface area (Å²) < 4.78 is 27.8. The maximum absolute atomic E-state index is 13.1. The van der Waals surface area contributed by atoms with Gasteiger partial charge in [0.25, 0.3) is 0 Å². The first-order valence-corrected chi connectivity index (χ1v) is 10.8. The SMILES string of the molecule is Cc1ccc(Cl)cc1S(=O)(=O)N1CC[C@@H]2[C@H](CCC(=O)N2C2CC2)C1. The maximum Gasteiger partial charge on any atom is 0.243 e. The van der Waals surface area contributed by atoms with E-state index in [0.717, 1.165) is 25.7 Å². The van der Waals surface area contributed by atoms with Crippen LogP contribution in [-0.2, 0) is 14.8 Å². The van der Waals surface area contributed by atoms with Gasteiger partial charge in [-0.15, -0.1) is 0 Å². The molecule has 0 unspecified atom stereocenters. The van der Waals surface area contributed by atoms with Crippen molar-refractivity contribution in [2.24, 2.45) is 5.92 Å². The number of halogens is 1. The molecule has 25 heavy (non-hydrogen) atoms. The van der Waals surface area contributed by atoms with E-state index in [1.807, 2.05) is 0 Å². The molecule has 1 aromatic rings. The van der Waals surface area contributed by atoms with Crippen molar-refractivity contribution in [2.45, 2.75) is 56.0 Å². The average molecular weight is 383 g/mol. The minimum Gasteiger partial charge on any atom is -0.336 e. The molecule has 0 spiro atoms. The third-order valence-corrected chi connectivity index (χ3v) is 7.98. The van der Waals surface area contributed by atoms with Crippen LogP contribution in [0.4, 0.5) is 0 Å². The van der Waals surface area contributed by atoms with Gasteiger partial charge >= 0.3 is 0 Å². The molecule has 1 amide bonds. The van der Waals surface area contributed by atoms with Gasteiger partial charge in [-0.1, -0.05) is 17.7 Å². The van der Waals surface area contributed by atoms with Crippen molar-refractivity contribution < 1.29 is 13.2 Å². The molecular formula is C18H23ClN2O3S. The molecule has 0 bridgehead atoms. The van der Waals surface area contributed by atoms with Gasteiger partial charge in [0.15, 0.2) is 0 Å². The van der Waals surface area contributed by atoms with Gasteiger partial charge in [0.05, 0.1) is 4.90 Å². The zero-order valence-corrected chi connectivity index (χ0v) is 15.9. The number of sulfonamides is 1. The van der Waals surface area contributed by atoms with Crippen LogP contribution >= 0.6 is 11.6 Å². The molecule has 1 saturated carbocycles. The number of hydrogen-bond acceptors (Lipinski definition) is 3. The molecule has 3 aliphatic rings. The van der Waals surface area contributed by atoms with E-state index in [2.05, 4.69) is 4.90 Å². The number of aryl methyl sites for hydroxylation is 1. The van der Waals surface area contributed by atoms with Crippen LogP contribution in [0.2, 0.25) is 5.02 Å². The Hall–Kier alpha value is -1.11. The molecule has 0 radical (unpaired) electrons. The minimum absolute atomic E-state index is 0.209. The highest BCUT2D eigenvalue weighted by Gasteiger charge is 2.46. The van der Waals surface area contributed by atoms with E-state index in [1.165, 1.54) is 0 Å². The Labute approximate surface area is 154 Å². The van der Waals surface area contributed by atoms with Crippen molar-refractivity contribution in [2.75, 3.05) is 13.1 Å². The zero-order valence-electron chi connectivity index (χ0n) is 14.3. The van der Waals surface area contributed by atoms with E-state index in [4.69, 9.17) is 11.6 Å². The van der Waals surface area contributed by atoms with Gasteiger partial charge in [0, 0.05) is 36.6 Å². The van der Waals surface area contributed by atoms with Gasteiger partial charge in [-0.05, 0) is 56.2 Å². The molecule has 1 aliphatic carbocycles. The topological polar surface area (TPSA) is 57.7 Å². The highest BCUT2D eigenvalue weighted by Crippen LogP contribution is 2.40. The second kappa shape index (κ2) is 6.25. The molecule has 2 saturated heterocycles. The molecule has 0 N–H and O–H groups in total. The average Bonchev–Trinajstić information content (AvgIpc) is 3.41. The molecule has 3 fully saturated rings. The zero-order chi connectivity index (χ0) is 17.8. The Bertz CT molecular complexity index is 807. The lowest BCUT2D eigenvalue weighted by Crippen LogP contribution is -2.57. The van der Waals surface area contributed by atoms with E-state index < -0.39 is 10.0 Å². The number of carbonyl (C=O) groups is 1. The van der Waals surface area contributed by atoms with Crippen molar-refractivity contribution in [3.63, 3.8) is 0 Å². The summed E-state index contributed by atoms with van der Waals surface area (Å²) in [5, 5.41) is 0.433. The van der Waals surface area contributed by atoms with Crippen LogP contribution in [0.3, 0.4) is 0 Å². The minimum atomic E-state index is -3.56. The van der Waals surface area contributed by atoms with E-state index in [0.29, 0.717) is 41.0 Å². The first-order valence-electron chi connectivity index (χ1n) is 8.95. The van der Waals surface area contributed by atoms with E-state index in [-0.39, 0.29) is 17.9 Å². The number of carbonyl (C=O) groups excluding carboxylic acids is 1. The van der Waals surface area contributed by atoms with Crippen LogP contribution in [0.15, 0.2) is 23.1 Å². The lowest BCUT2D eigenvalue weighted by atomic mass is 9.84. The summed E-state index contributed by atoms with van der Waals surface area (Å²) in [7, 11) is -3.56. The summed E-state index contributed by atoms with van der Waals surface area (Å²) in [5.41, 5.74) is 0.713. The van der Waals surface area contributed by atoms with Gasteiger partial charge < -0.3 is 4.90 Å². The molecule has 0 aromatic heterocycles. The number of likely N-dealkylation sites (tertiary alicyclic amines) is 1. The molecule has 2 aliphatic heterocycles. The van der Waals surface area contributed by atoms with Crippen molar-refractivity contribution in [1.82, 2.24) is 9.21 Å². The Morgan fingerprint density at radius 2 is 1.92 bits per heavy atom. The molecule has 2 atom stereocenters. The third kappa shape index (κ3) is 3.09. The molecular weight excluding hydrogens is 360 g/mol. The fourth-order valence-electron chi connectivity index (χ4n) is 4.30. The highest BCUT2D eigenvalue weighted by atomic mass is 35.5. The fraction of sp³-hybridized carbons (Fsp3) is 0.611. The summed E-state index contributed by atoms with van der Waals surface area (Å²) >= 11 is 6.02. The van der Waals surface area contributed by atoms with Gasteiger partial charge in [0.1, 0.15) is 0 Å². The maximum atomic E-state index is 13.1. The Kier molecular flexibility index (Phi) is 4.33. The smallest absolute Gasteiger partial charge is 0.243 e. The van der Waals surface area contributed by atoms with Gasteiger partial charge in [-0.2, -0.15) is 4.31 Å². The van der Waals surface area contributed by atoms with Crippen molar-refractivity contribution in [1.29, 1.82) is 0 Å². The van der Waals surface area contributed by atoms with Crippen LogP contribution in [0.5, 0.6) is 0 Å². The monoisotopic (exact) mass is 382 g/mol. The van der Waals surface area contributed by atoms with Crippen LogP contribution in [0, 0.1) is 12.8 Å². The highest BCUT2D eigenvalue weighted by molar-refractivity contribution is 7.89. The van der Waals surface area contributed by atoms with Crippen molar-refractivity contribution in [3.05, 3.63) is 28.8 Å².